The van der Waals surface area contributed by atoms with E-state index in [1.807, 2.05) is 31.2 Å². The van der Waals surface area contributed by atoms with E-state index >= 15 is 0 Å². The standard InChI is InChI=1S/C27H40N4O5/c1-5-30-23(29-31(26(30)34)19-24(32)28-18-21-10-7-6-8-11-21)13-9-12-20-14-16-22(17-15-20)36-27(2,3)25(33)35-4/h14-17,21H,5-13,18-19H2,1-4H3,(H,28,32). The van der Waals surface area contributed by atoms with E-state index in [2.05, 4.69) is 10.4 Å². The summed E-state index contributed by atoms with van der Waals surface area (Å²) in [5.74, 6) is 1.24. The van der Waals surface area contributed by atoms with Crippen molar-refractivity contribution in [3.05, 3.63) is 46.1 Å². The Bertz CT molecular complexity index is 1060. The average Bonchev–Trinajstić information content (AvgIpc) is 3.17. The van der Waals surface area contributed by atoms with Crippen molar-refractivity contribution in [2.75, 3.05) is 13.7 Å². The fraction of sp³-hybridized carbons (Fsp3) is 0.630. The maximum Gasteiger partial charge on any atom is 0.349 e. The van der Waals surface area contributed by atoms with Crippen LogP contribution in [0.5, 0.6) is 5.75 Å². The summed E-state index contributed by atoms with van der Waals surface area (Å²) in [6, 6.07) is 7.60. The number of carbonyl (C=O) groups is 2. The van der Waals surface area contributed by atoms with Crippen LogP contribution in [0.3, 0.4) is 0 Å². The van der Waals surface area contributed by atoms with Gasteiger partial charge in [0.25, 0.3) is 0 Å². The van der Waals surface area contributed by atoms with Crippen LogP contribution in [0.1, 0.15) is 70.7 Å². The highest BCUT2D eigenvalue weighted by Gasteiger charge is 2.31. The van der Waals surface area contributed by atoms with Crippen LogP contribution in [-0.2, 0) is 40.3 Å². The van der Waals surface area contributed by atoms with Gasteiger partial charge in [0, 0.05) is 19.5 Å². The molecule has 1 aromatic carbocycles. The molecule has 1 fully saturated rings. The van der Waals surface area contributed by atoms with Gasteiger partial charge in [-0.05, 0) is 70.1 Å². The zero-order chi connectivity index (χ0) is 26.1. The number of aromatic nitrogens is 3. The van der Waals surface area contributed by atoms with Crippen molar-refractivity contribution in [3.63, 3.8) is 0 Å². The molecule has 0 unspecified atom stereocenters. The Morgan fingerprint density at radius 2 is 1.81 bits per heavy atom. The van der Waals surface area contributed by atoms with E-state index in [0.717, 1.165) is 31.2 Å². The highest BCUT2D eigenvalue weighted by atomic mass is 16.6. The highest BCUT2D eigenvalue weighted by molar-refractivity contribution is 5.78. The van der Waals surface area contributed by atoms with Crippen molar-refractivity contribution in [3.8, 4) is 5.75 Å². The van der Waals surface area contributed by atoms with Gasteiger partial charge in [-0.2, -0.15) is 5.10 Å². The molecule has 1 amide bonds. The molecule has 9 nitrogen and oxygen atoms in total. The number of aryl methyl sites for hydroxylation is 2. The summed E-state index contributed by atoms with van der Waals surface area (Å²) in [6.07, 6.45) is 8.31. The summed E-state index contributed by atoms with van der Waals surface area (Å²) >= 11 is 0. The van der Waals surface area contributed by atoms with E-state index < -0.39 is 11.6 Å². The third kappa shape index (κ3) is 7.45. The van der Waals surface area contributed by atoms with Crippen molar-refractivity contribution < 1.29 is 19.1 Å². The van der Waals surface area contributed by atoms with Crippen LogP contribution in [0.2, 0.25) is 0 Å². The summed E-state index contributed by atoms with van der Waals surface area (Å²) in [5.41, 5.74) is -0.189. The molecular weight excluding hydrogens is 460 g/mol. The van der Waals surface area contributed by atoms with E-state index in [0.29, 0.717) is 37.0 Å². The first-order valence-corrected chi connectivity index (χ1v) is 13.0. The van der Waals surface area contributed by atoms with Crippen molar-refractivity contribution in [1.82, 2.24) is 19.7 Å². The van der Waals surface area contributed by atoms with Crippen molar-refractivity contribution in [2.24, 2.45) is 5.92 Å². The topological polar surface area (TPSA) is 104 Å². The SMILES string of the molecule is CCn1c(CCCc2ccc(OC(C)(C)C(=O)OC)cc2)nn(CC(=O)NCC2CCCCC2)c1=O. The van der Waals surface area contributed by atoms with Crippen molar-refractivity contribution in [1.29, 1.82) is 0 Å². The molecule has 1 aliphatic rings. The minimum Gasteiger partial charge on any atom is -0.476 e. The van der Waals surface area contributed by atoms with Gasteiger partial charge in [0.2, 0.25) is 5.91 Å². The number of nitrogens with one attached hydrogen (secondary N) is 1. The fourth-order valence-corrected chi connectivity index (χ4v) is 4.69. The van der Waals surface area contributed by atoms with Gasteiger partial charge >= 0.3 is 11.7 Å². The molecule has 1 saturated carbocycles. The van der Waals surface area contributed by atoms with E-state index in [4.69, 9.17) is 9.47 Å². The number of benzene rings is 1. The monoisotopic (exact) mass is 500 g/mol. The van der Waals surface area contributed by atoms with Crippen LogP contribution in [-0.4, -0.2) is 45.5 Å². The van der Waals surface area contributed by atoms with Gasteiger partial charge in [-0.15, -0.1) is 0 Å². The second-order valence-corrected chi connectivity index (χ2v) is 10.0. The van der Waals surface area contributed by atoms with Gasteiger partial charge in [-0.3, -0.25) is 9.36 Å². The number of rotatable bonds is 12. The van der Waals surface area contributed by atoms with Gasteiger partial charge in [-0.1, -0.05) is 31.4 Å². The van der Waals surface area contributed by atoms with E-state index in [1.54, 1.807) is 18.4 Å². The summed E-state index contributed by atoms with van der Waals surface area (Å²) in [4.78, 5) is 37.0. The number of nitrogens with zero attached hydrogens (tertiary/aromatic N) is 3. The molecule has 0 spiro atoms. The molecule has 198 valence electrons. The molecule has 1 heterocycles. The Hall–Kier alpha value is -3.10. The van der Waals surface area contributed by atoms with E-state index in [-0.39, 0.29) is 18.1 Å². The smallest absolute Gasteiger partial charge is 0.349 e. The molecule has 1 N–H and O–H groups in total. The molecule has 1 aromatic heterocycles. The van der Waals surface area contributed by atoms with E-state index in [1.165, 1.54) is 31.1 Å². The fourth-order valence-electron chi connectivity index (χ4n) is 4.69. The molecule has 0 radical (unpaired) electrons. The molecule has 0 aliphatic heterocycles. The third-order valence-electron chi connectivity index (χ3n) is 6.76. The van der Waals surface area contributed by atoms with Gasteiger partial charge in [0.15, 0.2) is 5.60 Å². The molecular formula is C27H40N4O5. The third-order valence-corrected chi connectivity index (χ3v) is 6.76. The molecule has 9 heteroatoms. The number of hydrogen-bond acceptors (Lipinski definition) is 6. The summed E-state index contributed by atoms with van der Waals surface area (Å²) in [7, 11) is 1.34. The Morgan fingerprint density at radius 1 is 1.11 bits per heavy atom. The number of amides is 1. The summed E-state index contributed by atoms with van der Waals surface area (Å²) in [6.45, 7) is 6.39. The number of esters is 1. The lowest BCUT2D eigenvalue weighted by molar-refractivity contribution is -0.156. The highest BCUT2D eigenvalue weighted by Crippen LogP contribution is 2.23. The predicted molar refractivity (Wildman–Crippen MR) is 137 cm³/mol. The van der Waals surface area contributed by atoms with Gasteiger partial charge in [0.1, 0.15) is 18.1 Å². The van der Waals surface area contributed by atoms with Gasteiger partial charge in [-0.25, -0.2) is 14.3 Å². The van der Waals surface area contributed by atoms with Crippen molar-refractivity contribution in [2.45, 2.75) is 90.8 Å². The van der Waals surface area contributed by atoms with Crippen LogP contribution in [0.15, 0.2) is 29.1 Å². The van der Waals surface area contributed by atoms with Crippen LogP contribution >= 0.6 is 0 Å². The average molecular weight is 501 g/mol. The summed E-state index contributed by atoms with van der Waals surface area (Å²) < 4.78 is 13.5. The number of methoxy groups -OCH3 is 1. The number of carbonyl (C=O) groups excluding carboxylic acids is 2. The first-order chi connectivity index (χ1) is 17.2. The Balaban J connectivity index is 1.51. The Morgan fingerprint density at radius 3 is 2.44 bits per heavy atom. The number of ether oxygens (including phenoxy) is 2. The minimum atomic E-state index is -1.06. The van der Waals surface area contributed by atoms with E-state index in [9.17, 15) is 14.4 Å². The summed E-state index contributed by atoms with van der Waals surface area (Å²) in [5, 5.41) is 7.45. The quantitative estimate of drug-likeness (QED) is 0.449. The molecule has 3 rings (SSSR count). The molecule has 36 heavy (non-hydrogen) atoms. The van der Waals surface area contributed by atoms with Gasteiger partial charge < -0.3 is 14.8 Å². The van der Waals surface area contributed by atoms with Gasteiger partial charge in [0.05, 0.1) is 7.11 Å². The first-order valence-electron chi connectivity index (χ1n) is 13.0. The van der Waals surface area contributed by atoms with Crippen LogP contribution < -0.4 is 15.7 Å². The lowest BCUT2D eigenvalue weighted by Gasteiger charge is -2.23. The lowest BCUT2D eigenvalue weighted by Crippen LogP contribution is -2.39. The van der Waals surface area contributed by atoms with Crippen molar-refractivity contribution >= 4 is 11.9 Å². The number of hydrogen-bond donors (Lipinski definition) is 1. The zero-order valence-corrected chi connectivity index (χ0v) is 22.0. The minimum absolute atomic E-state index is 0.0467. The predicted octanol–water partition coefficient (Wildman–Crippen LogP) is 3.27. The lowest BCUT2D eigenvalue weighted by atomic mass is 9.89. The van der Waals surface area contributed by atoms with Crippen LogP contribution in [0.4, 0.5) is 0 Å². The molecule has 0 saturated heterocycles. The Labute approximate surface area is 213 Å². The molecule has 0 atom stereocenters. The van der Waals surface area contributed by atoms with Crippen LogP contribution in [0.25, 0.3) is 0 Å². The Kier molecular flexibility index (Phi) is 9.73. The molecule has 2 aromatic rings. The zero-order valence-electron chi connectivity index (χ0n) is 22.0. The van der Waals surface area contributed by atoms with Crippen LogP contribution in [0, 0.1) is 5.92 Å². The maximum atomic E-state index is 12.8. The largest absolute Gasteiger partial charge is 0.476 e. The second kappa shape index (κ2) is 12.7. The molecule has 0 bridgehead atoms. The maximum absolute atomic E-state index is 12.8. The molecule has 1 aliphatic carbocycles. The second-order valence-electron chi connectivity index (χ2n) is 10.0. The first kappa shape index (κ1) is 27.5. The normalized spacial score (nSPS) is 14.4.